The van der Waals surface area contributed by atoms with Gasteiger partial charge in [-0.3, -0.25) is 4.79 Å². The lowest BCUT2D eigenvalue weighted by atomic mass is 9.89. The highest BCUT2D eigenvalue weighted by atomic mass is 16.2. The molecule has 2 aromatic carbocycles. The molecule has 1 fully saturated rings. The van der Waals surface area contributed by atoms with Gasteiger partial charge in [0.1, 0.15) is 0 Å². The Bertz CT molecular complexity index is 615. The van der Waals surface area contributed by atoms with Crippen LogP contribution >= 0.6 is 0 Å². The molecule has 2 N–H and O–H groups in total. The first-order valence-corrected chi connectivity index (χ1v) is 9.30. The molecule has 1 saturated heterocycles. The first-order chi connectivity index (χ1) is 12.2. The monoisotopic (exact) mass is 336 g/mol. The van der Waals surface area contributed by atoms with Crippen molar-refractivity contribution in [1.29, 1.82) is 0 Å². The fourth-order valence-corrected chi connectivity index (χ4v) is 3.74. The van der Waals surface area contributed by atoms with E-state index >= 15 is 0 Å². The van der Waals surface area contributed by atoms with Crippen LogP contribution in [-0.4, -0.2) is 30.4 Å². The molecule has 132 valence electrons. The molecule has 1 unspecified atom stereocenters. The Balaban J connectivity index is 1.66. The van der Waals surface area contributed by atoms with Crippen LogP contribution in [0.1, 0.15) is 24.0 Å². The zero-order valence-electron chi connectivity index (χ0n) is 14.8. The smallest absolute Gasteiger partial charge is 0.222 e. The van der Waals surface area contributed by atoms with Crippen LogP contribution < -0.4 is 5.73 Å². The topological polar surface area (TPSA) is 46.3 Å². The largest absolute Gasteiger partial charge is 0.342 e. The van der Waals surface area contributed by atoms with Gasteiger partial charge in [0.15, 0.2) is 0 Å². The molecule has 2 aromatic rings. The quantitative estimate of drug-likeness (QED) is 0.843. The van der Waals surface area contributed by atoms with Crippen LogP contribution in [-0.2, 0) is 17.6 Å². The van der Waals surface area contributed by atoms with Gasteiger partial charge in [0, 0.05) is 19.5 Å². The van der Waals surface area contributed by atoms with Crippen molar-refractivity contribution in [3.63, 3.8) is 0 Å². The molecular formula is C22H28N2O. The van der Waals surface area contributed by atoms with Gasteiger partial charge in [0.2, 0.25) is 5.91 Å². The summed E-state index contributed by atoms with van der Waals surface area (Å²) in [5, 5.41) is 0. The predicted octanol–water partition coefficient (Wildman–Crippen LogP) is 3.29. The Kier molecular flexibility index (Phi) is 6.24. The summed E-state index contributed by atoms with van der Waals surface area (Å²) in [5.41, 5.74) is 8.37. The fraction of sp³-hybridized carbons (Fsp3) is 0.409. The van der Waals surface area contributed by atoms with Crippen molar-refractivity contribution in [2.75, 3.05) is 19.6 Å². The van der Waals surface area contributed by atoms with Crippen LogP contribution in [0.3, 0.4) is 0 Å². The average Bonchev–Trinajstić information content (AvgIpc) is 3.13. The van der Waals surface area contributed by atoms with Gasteiger partial charge in [-0.25, -0.2) is 0 Å². The van der Waals surface area contributed by atoms with E-state index in [-0.39, 0.29) is 5.91 Å². The number of nitrogens with zero attached hydrogens (tertiary/aromatic N) is 1. The third kappa shape index (κ3) is 5.17. The zero-order chi connectivity index (χ0) is 17.5. The highest BCUT2D eigenvalue weighted by Crippen LogP contribution is 2.22. The van der Waals surface area contributed by atoms with Gasteiger partial charge in [-0.2, -0.15) is 0 Å². The van der Waals surface area contributed by atoms with Gasteiger partial charge in [0.25, 0.3) is 0 Å². The van der Waals surface area contributed by atoms with Crippen molar-refractivity contribution in [3.8, 4) is 0 Å². The number of carbonyl (C=O) groups is 1. The molecule has 1 aliphatic rings. The molecule has 1 atom stereocenters. The van der Waals surface area contributed by atoms with E-state index in [2.05, 4.69) is 48.5 Å². The lowest BCUT2D eigenvalue weighted by Crippen LogP contribution is -2.32. The van der Waals surface area contributed by atoms with Crippen molar-refractivity contribution < 1.29 is 4.79 Å². The van der Waals surface area contributed by atoms with E-state index in [4.69, 9.17) is 5.73 Å². The maximum Gasteiger partial charge on any atom is 0.222 e. The average molecular weight is 336 g/mol. The van der Waals surface area contributed by atoms with Crippen LogP contribution in [0.4, 0.5) is 0 Å². The first kappa shape index (κ1) is 17.7. The van der Waals surface area contributed by atoms with Crippen LogP contribution in [0, 0.1) is 11.8 Å². The van der Waals surface area contributed by atoms with E-state index in [9.17, 15) is 4.79 Å². The molecular weight excluding hydrogens is 308 g/mol. The molecule has 3 rings (SSSR count). The number of rotatable bonds is 7. The Hall–Kier alpha value is -2.13. The molecule has 1 aliphatic heterocycles. The van der Waals surface area contributed by atoms with Crippen LogP contribution in [0.25, 0.3) is 0 Å². The standard InChI is InChI=1S/C22H28N2O/c23-16-20-11-12-24(17-20)22(25)15-21(13-18-7-3-1-4-8-18)14-19-9-5-2-6-10-19/h1-10,20-21H,11-17,23H2. The number of likely N-dealkylation sites (tertiary alicyclic amines) is 1. The van der Waals surface area contributed by atoms with Crippen molar-refractivity contribution in [1.82, 2.24) is 4.90 Å². The third-order valence-electron chi connectivity index (χ3n) is 5.17. The Morgan fingerprint density at radius 2 is 1.56 bits per heavy atom. The Labute approximate surface area is 150 Å². The lowest BCUT2D eigenvalue weighted by molar-refractivity contribution is -0.131. The number of hydrogen-bond acceptors (Lipinski definition) is 2. The number of carbonyl (C=O) groups excluding carboxylic acids is 1. The van der Waals surface area contributed by atoms with Gasteiger partial charge in [-0.05, 0) is 48.8 Å². The summed E-state index contributed by atoms with van der Waals surface area (Å²) < 4.78 is 0. The van der Waals surface area contributed by atoms with E-state index < -0.39 is 0 Å². The predicted molar refractivity (Wildman–Crippen MR) is 102 cm³/mol. The van der Waals surface area contributed by atoms with Crippen molar-refractivity contribution >= 4 is 5.91 Å². The Morgan fingerprint density at radius 3 is 2.04 bits per heavy atom. The van der Waals surface area contributed by atoms with Crippen LogP contribution in [0.5, 0.6) is 0 Å². The fourth-order valence-electron chi connectivity index (χ4n) is 3.74. The summed E-state index contributed by atoms with van der Waals surface area (Å²) in [4.78, 5) is 14.8. The molecule has 1 amide bonds. The molecule has 0 aromatic heterocycles. The third-order valence-corrected chi connectivity index (χ3v) is 5.17. The second-order valence-corrected chi connectivity index (χ2v) is 7.18. The summed E-state index contributed by atoms with van der Waals surface area (Å²) in [7, 11) is 0. The lowest BCUT2D eigenvalue weighted by Gasteiger charge is -2.22. The molecule has 0 radical (unpaired) electrons. The van der Waals surface area contributed by atoms with Crippen molar-refractivity contribution in [2.24, 2.45) is 17.6 Å². The van der Waals surface area contributed by atoms with Gasteiger partial charge < -0.3 is 10.6 Å². The van der Waals surface area contributed by atoms with E-state index in [0.717, 1.165) is 32.4 Å². The van der Waals surface area contributed by atoms with Gasteiger partial charge >= 0.3 is 0 Å². The maximum atomic E-state index is 12.8. The molecule has 3 heteroatoms. The molecule has 0 bridgehead atoms. The molecule has 1 heterocycles. The molecule has 25 heavy (non-hydrogen) atoms. The number of nitrogens with two attached hydrogens (primary N) is 1. The van der Waals surface area contributed by atoms with Crippen LogP contribution in [0.2, 0.25) is 0 Å². The SMILES string of the molecule is NCC1CCN(C(=O)CC(Cc2ccccc2)Cc2ccccc2)C1. The summed E-state index contributed by atoms with van der Waals surface area (Å²) >= 11 is 0. The molecule has 0 saturated carbocycles. The van der Waals surface area contributed by atoms with Crippen molar-refractivity contribution in [2.45, 2.75) is 25.7 Å². The van der Waals surface area contributed by atoms with E-state index in [0.29, 0.717) is 24.8 Å². The highest BCUT2D eigenvalue weighted by Gasteiger charge is 2.27. The molecule has 0 spiro atoms. The number of hydrogen-bond donors (Lipinski definition) is 1. The summed E-state index contributed by atoms with van der Waals surface area (Å²) in [6.45, 7) is 2.38. The van der Waals surface area contributed by atoms with E-state index in [1.54, 1.807) is 0 Å². The van der Waals surface area contributed by atoms with E-state index in [1.807, 2.05) is 17.0 Å². The summed E-state index contributed by atoms with van der Waals surface area (Å²) in [6.07, 6.45) is 3.54. The minimum atomic E-state index is 0.285. The zero-order valence-corrected chi connectivity index (χ0v) is 14.8. The van der Waals surface area contributed by atoms with Gasteiger partial charge in [-0.1, -0.05) is 60.7 Å². The summed E-state index contributed by atoms with van der Waals surface area (Å²) in [6, 6.07) is 21.0. The molecule has 0 aliphatic carbocycles. The second kappa shape index (κ2) is 8.82. The van der Waals surface area contributed by atoms with Crippen molar-refractivity contribution in [3.05, 3.63) is 71.8 Å². The van der Waals surface area contributed by atoms with Gasteiger partial charge in [-0.15, -0.1) is 0 Å². The minimum Gasteiger partial charge on any atom is -0.342 e. The second-order valence-electron chi connectivity index (χ2n) is 7.18. The normalized spacial score (nSPS) is 17.2. The van der Waals surface area contributed by atoms with Gasteiger partial charge in [0.05, 0.1) is 0 Å². The van der Waals surface area contributed by atoms with E-state index in [1.165, 1.54) is 11.1 Å². The number of benzene rings is 2. The maximum absolute atomic E-state index is 12.8. The number of amides is 1. The first-order valence-electron chi connectivity index (χ1n) is 9.30. The molecule has 3 nitrogen and oxygen atoms in total. The Morgan fingerprint density at radius 1 is 1.00 bits per heavy atom. The summed E-state index contributed by atoms with van der Waals surface area (Å²) in [5.74, 6) is 1.09. The van der Waals surface area contributed by atoms with Crippen LogP contribution in [0.15, 0.2) is 60.7 Å². The highest BCUT2D eigenvalue weighted by molar-refractivity contribution is 5.76. The minimum absolute atomic E-state index is 0.285.